The maximum Gasteiger partial charge on any atom is 0.305 e. The Bertz CT molecular complexity index is 223. The van der Waals surface area contributed by atoms with E-state index in [0.29, 0.717) is 6.42 Å². The summed E-state index contributed by atoms with van der Waals surface area (Å²) in [6.07, 6.45) is 3.33. The van der Waals surface area contributed by atoms with Crippen LogP contribution in [0.5, 0.6) is 0 Å². The van der Waals surface area contributed by atoms with Crippen molar-refractivity contribution in [2.24, 2.45) is 4.99 Å². The second kappa shape index (κ2) is 13.5. The summed E-state index contributed by atoms with van der Waals surface area (Å²) in [6.45, 7) is 3.85. The van der Waals surface area contributed by atoms with Crippen molar-refractivity contribution in [1.29, 1.82) is 0 Å². The monoisotopic (exact) mass is 357 g/mol. The SMILES string of the molecule is CCCNC(=NC)NCCCCC(=O)OC.I. The summed E-state index contributed by atoms with van der Waals surface area (Å²) >= 11 is 0. The number of nitrogens with zero attached hydrogens (tertiary/aromatic N) is 1. The van der Waals surface area contributed by atoms with Crippen molar-refractivity contribution < 1.29 is 9.53 Å². The highest BCUT2D eigenvalue weighted by Gasteiger charge is 1.99. The molecule has 0 rings (SSSR count). The molecule has 0 saturated heterocycles. The van der Waals surface area contributed by atoms with Gasteiger partial charge in [0.25, 0.3) is 0 Å². The van der Waals surface area contributed by atoms with Gasteiger partial charge in [-0.3, -0.25) is 9.79 Å². The molecule has 0 aliphatic carbocycles. The van der Waals surface area contributed by atoms with Crippen molar-refractivity contribution in [3.8, 4) is 0 Å². The van der Waals surface area contributed by atoms with Gasteiger partial charge in [0.1, 0.15) is 0 Å². The number of halogens is 1. The van der Waals surface area contributed by atoms with Crippen molar-refractivity contribution in [3.63, 3.8) is 0 Å². The first-order valence-electron chi connectivity index (χ1n) is 5.76. The molecular formula is C11H24IN3O2. The molecule has 0 aromatic carbocycles. The van der Waals surface area contributed by atoms with Gasteiger partial charge in [0, 0.05) is 26.6 Å². The summed E-state index contributed by atoms with van der Waals surface area (Å²) in [7, 11) is 3.16. The van der Waals surface area contributed by atoms with E-state index < -0.39 is 0 Å². The molecule has 0 aliphatic rings. The molecule has 0 aliphatic heterocycles. The number of carbonyl (C=O) groups is 1. The molecule has 5 nitrogen and oxygen atoms in total. The van der Waals surface area contributed by atoms with Crippen LogP contribution in [0, 0.1) is 0 Å². The minimum Gasteiger partial charge on any atom is -0.469 e. The topological polar surface area (TPSA) is 62.7 Å². The molecule has 0 amide bonds. The van der Waals surface area contributed by atoms with Crippen LogP contribution < -0.4 is 10.6 Å². The molecule has 0 aromatic heterocycles. The second-order valence-electron chi connectivity index (χ2n) is 3.46. The number of ether oxygens (including phenoxy) is 1. The van der Waals surface area contributed by atoms with E-state index in [2.05, 4.69) is 27.3 Å². The highest BCUT2D eigenvalue weighted by molar-refractivity contribution is 14.0. The zero-order valence-electron chi connectivity index (χ0n) is 10.9. The maximum absolute atomic E-state index is 10.8. The molecule has 102 valence electrons. The third kappa shape index (κ3) is 11.7. The molecule has 0 atom stereocenters. The summed E-state index contributed by atoms with van der Waals surface area (Å²) in [5, 5.41) is 6.36. The molecule has 0 aromatic rings. The standard InChI is InChI=1S/C11H23N3O2.HI/c1-4-8-13-11(12-2)14-9-6-5-7-10(15)16-3;/h4-9H2,1-3H3,(H2,12,13,14);1H. The van der Waals surface area contributed by atoms with Crippen LogP contribution in [0.15, 0.2) is 4.99 Å². The quantitative estimate of drug-likeness (QED) is 0.239. The van der Waals surface area contributed by atoms with Gasteiger partial charge in [-0.1, -0.05) is 6.92 Å². The fourth-order valence-electron chi connectivity index (χ4n) is 1.17. The number of nitrogens with one attached hydrogen (secondary N) is 2. The summed E-state index contributed by atoms with van der Waals surface area (Å²) in [4.78, 5) is 14.9. The summed E-state index contributed by atoms with van der Waals surface area (Å²) in [5.41, 5.74) is 0. The number of esters is 1. The van der Waals surface area contributed by atoms with Crippen molar-refractivity contribution in [1.82, 2.24) is 10.6 Å². The van der Waals surface area contributed by atoms with Crippen molar-refractivity contribution >= 4 is 35.9 Å². The lowest BCUT2D eigenvalue weighted by molar-refractivity contribution is -0.140. The zero-order valence-corrected chi connectivity index (χ0v) is 13.2. The van der Waals surface area contributed by atoms with Crippen molar-refractivity contribution in [2.45, 2.75) is 32.6 Å². The number of methoxy groups -OCH3 is 1. The molecule has 6 heteroatoms. The third-order valence-electron chi connectivity index (χ3n) is 2.09. The van der Waals surface area contributed by atoms with E-state index in [1.54, 1.807) is 7.05 Å². The summed E-state index contributed by atoms with van der Waals surface area (Å²) in [6, 6.07) is 0. The van der Waals surface area contributed by atoms with Gasteiger partial charge in [-0.15, -0.1) is 24.0 Å². The van der Waals surface area contributed by atoms with Gasteiger partial charge in [0.15, 0.2) is 5.96 Å². The number of rotatable bonds is 7. The van der Waals surface area contributed by atoms with E-state index in [1.165, 1.54) is 7.11 Å². The first kappa shape index (κ1) is 18.8. The summed E-state index contributed by atoms with van der Waals surface area (Å²) < 4.78 is 4.56. The van der Waals surface area contributed by atoms with Crippen LogP contribution in [0.2, 0.25) is 0 Å². The predicted octanol–water partition coefficient (Wildman–Crippen LogP) is 1.52. The number of guanidine groups is 1. The Morgan fingerprint density at radius 2 is 1.88 bits per heavy atom. The molecule has 0 unspecified atom stereocenters. The van der Waals surface area contributed by atoms with E-state index >= 15 is 0 Å². The fourth-order valence-corrected chi connectivity index (χ4v) is 1.17. The number of unbranched alkanes of at least 4 members (excludes halogenated alkanes) is 1. The molecule has 0 saturated carbocycles. The predicted molar refractivity (Wildman–Crippen MR) is 80.9 cm³/mol. The average Bonchev–Trinajstić information content (AvgIpc) is 2.32. The van der Waals surface area contributed by atoms with Crippen LogP contribution >= 0.6 is 24.0 Å². The molecule has 0 fully saturated rings. The lowest BCUT2D eigenvalue weighted by Gasteiger charge is -2.10. The lowest BCUT2D eigenvalue weighted by Crippen LogP contribution is -2.38. The van der Waals surface area contributed by atoms with Crippen LogP contribution in [0.4, 0.5) is 0 Å². The van der Waals surface area contributed by atoms with Crippen molar-refractivity contribution in [3.05, 3.63) is 0 Å². The van der Waals surface area contributed by atoms with Crippen LogP contribution in [0.1, 0.15) is 32.6 Å². The number of hydrogen-bond donors (Lipinski definition) is 2. The van der Waals surface area contributed by atoms with Gasteiger partial charge in [0.05, 0.1) is 7.11 Å². The maximum atomic E-state index is 10.8. The van der Waals surface area contributed by atoms with Gasteiger partial charge in [-0.2, -0.15) is 0 Å². The van der Waals surface area contributed by atoms with E-state index in [0.717, 1.165) is 38.3 Å². The summed E-state index contributed by atoms with van der Waals surface area (Å²) in [5.74, 6) is 0.674. The molecule has 0 radical (unpaired) electrons. The lowest BCUT2D eigenvalue weighted by atomic mass is 10.2. The van der Waals surface area contributed by atoms with Crippen molar-refractivity contribution in [2.75, 3.05) is 27.2 Å². The largest absolute Gasteiger partial charge is 0.469 e. The third-order valence-corrected chi connectivity index (χ3v) is 2.09. The van der Waals surface area contributed by atoms with E-state index in [-0.39, 0.29) is 29.9 Å². The number of hydrogen-bond acceptors (Lipinski definition) is 3. The molecule has 0 heterocycles. The molecule has 2 N–H and O–H groups in total. The van der Waals surface area contributed by atoms with Gasteiger partial charge in [0.2, 0.25) is 0 Å². The Morgan fingerprint density at radius 3 is 2.41 bits per heavy atom. The Kier molecular flexibility index (Phi) is 15.0. The Labute approximate surface area is 121 Å². The Balaban J connectivity index is 0. The number of carbonyl (C=O) groups excluding carboxylic acids is 1. The van der Waals surface area contributed by atoms with Crippen LogP contribution in [-0.4, -0.2) is 39.2 Å². The van der Waals surface area contributed by atoms with Crippen LogP contribution in [0.3, 0.4) is 0 Å². The Morgan fingerprint density at radius 1 is 1.24 bits per heavy atom. The minimum atomic E-state index is -0.145. The van der Waals surface area contributed by atoms with Crippen LogP contribution in [-0.2, 0) is 9.53 Å². The first-order valence-corrected chi connectivity index (χ1v) is 5.76. The molecule has 0 spiro atoms. The minimum absolute atomic E-state index is 0. The fraction of sp³-hybridized carbons (Fsp3) is 0.818. The Hall–Kier alpha value is -0.530. The smallest absolute Gasteiger partial charge is 0.305 e. The second-order valence-corrected chi connectivity index (χ2v) is 3.46. The van der Waals surface area contributed by atoms with E-state index in [4.69, 9.17) is 0 Å². The van der Waals surface area contributed by atoms with E-state index in [1.807, 2.05) is 0 Å². The number of aliphatic imine (C=N–C) groups is 1. The van der Waals surface area contributed by atoms with Gasteiger partial charge < -0.3 is 15.4 Å². The van der Waals surface area contributed by atoms with E-state index in [9.17, 15) is 4.79 Å². The van der Waals surface area contributed by atoms with Gasteiger partial charge >= 0.3 is 5.97 Å². The van der Waals surface area contributed by atoms with Gasteiger partial charge in [-0.05, 0) is 19.3 Å². The average molecular weight is 357 g/mol. The van der Waals surface area contributed by atoms with Gasteiger partial charge in [-0.25, -0.2) is 0 Å². The highest BCUT2D eigenvalue weighted by atomic mass is 127. The highest BCUT2D eigenvalue weighted by Crippen LogP contribution is 1.95. The normalized spacial score (nSPS) is 10.4. The zero-order chi connectivity index (χ0) is 12.2. The molecule has 17 heavy (non-hydrogen) atoms. The molecular weight excluding hydrogens is 333 g/mol. The molecule has 0 bridgehead atoms. The van der Waals surface area contributed by atoms with Crippen LogP contribution in [0.25, 0.3) is 0 Å². The first-order chi connectivity index (χ1) is 7.74.